The Morgan fingerprint density at radius 1 is 1.07 bits per heavy atom. The summed E-state index contributed by atoms with van der Waals surface area (Å²) >= 11 is 0. The SMILES string of the molecule is NP(O)OC[C@@H](O)[C@H](O)[C@H](O)[C@H](O)CO. The number of hydrogen-bond donors (Lipinski definition) is 7. The standard InChI is InChI=1S/C6H16NO7P/c7-15(13)14-2-4(10)6(12)5(11)3(9)1-8/h3-6,8-13H,1-2,7H2/t3-,4-,5-,6+,15?/m1/s1. The lowest BCUT2D eigenvalue weighted by Gasteiger charge is -2.25. The van der Waals surface area contributed by atoms with Crippen molar-refractivity contribution in [3.05, 3.63) is 0 Å². The summed E-state index contributed by atoms with van der Waals surface area (Å²) in [6.45, 7) is -1.25. The van der Waals surface area contributed by atoms with Crippen molar-refractivity contribution < 1.29 is 34.9 Å². The van der Waals surface area contributed by atoms with Gasteiger partial charge in [-0.2, -0.15) is 0 Å². The molecule has 8 N–H and O–H groups in total. The van der Waals surface area contributed by atoms with Crippen LogP contribution in [0.15, 0.2) is 0 Å². The van der Waals surface area contributed by atoms with E-state index in [4.69, 9.17) is 25.7 Å². The maximum Gasteiger partial charge on any atom is 0.250 e. The third-order valence-corrected chi connectivity index (χ3v) is 2.12. The number of nitrogens with two attached hydrogens (primary N) is 1. The average Bonchev–Trinajstić information content (AvgIpc) is 2.22. The molecule has 0 bridgehead atoms. The molecule has 0 aliphatic carbocycles. The summed E-state index contributed by atoms with van der Waals surface area (Å²) in [5.41, 5.74) is 4.86. The quantitative estimate of drug-likeness (QED) is 0.229. The summed E-state index contributed by atoms with van der Waals surface area (Å²) in [6, 6.07) is 0. The minimum absolute atomic E-state index is 0.491. The van der Waals surface area contributed by atoms with Crippen molar-refractivity contribution in [1.29, 1.82) is 0 Å². The Labute approximate surface area is 87.5 Å². The number of aliphatic hydroxyl groups is 5. The Morgan fingerprint density at radius 3 is 1.93 bits per heavy atom. The van der Waals surface area contributed by atoms with Gasteiger partial charge in [-0.1, -0.05) is 0 Å². The number of rotatable bonds is 7. The van der Waals surface area contributed by atoms with Crippen LogP contribution in [0.25, 0.3) is 0 Å². The molecule has 0 radical (unpaired) electrons. The zero-order valence-electron chi connectivity index (χ0n) is 7.84. The van der Waals surface area contributed by atoms with Crippen molar-refractivity contribution >= 4 is 8.53 Å². The van der Waals surface area contributed by atoms with Crippen molar-refractivity contribution in [2.45, 2.75) is 24.4 Å². The molecule has 8 nitrogen and oxygen atoms in total. The fourth-order valence-electron chi connectivity index (χ4n) is 0.815. The van der Waals surface area contributed by atoms with Crippen LogP contribution in [-0.2, 0) is 4.52 Å². The minimum Gasteiger partial charge on any atom is -0.394 e. The number of hydrogen-bond acceptors (Lipinski definition) is 8. The van der Waals surface area contributed by atoms with Gasteiger partial charge in [0.15, 0.2) is 0 Å². The molecule has 0 aromatic heterocycles. The molecule has 0 amide bonds. The summed E-state index contributed by atoms with van der Waals surface area (Å²) in [5, 5.41) is 45.0. The molecule has 0 fully saturated rings. The molecular formula is C6H16NO7P. The van der Waals surface area contributed by atoms with Crippen LogP contribution in [0.2, 0.25) is 0 Å². The molecule has 0 rings (SSSR count). The number of aliphatic hydroxyl groups excluding tert-OH is 5. The van der Waals surface area contributed by atoms with Crippen LogP contribution in [0.1, 0.15) is 0 Å². The predicted octanol–water partition coefficient (Wildman–Crippen LogP) is -3.38. The molecule has 0 saturated carbocycles. The third kappa shape index (κ3) is 5.67. The largest absolute Gasteiger partial charge is 0.394 e. The first-order chi connectivity index (χ1) is 6.90. The monoisotopic (exact) mass is 245 g/mol. The molecule has 15 heavy (non-hydrogen) atoms. The molecule has 5 atom stereocenters. The molecule has 0 aromatic rings. The molecule has 0 spiro atoms. The molecule has 0 aliphatic rings. The zero-order chi connectivity index (χ0) is 12.0. The van der Waals surface area contributed by atoms with Crippen LogP contribution >= 0.6 is 8.53 Å². The van der Waals surface area contributed by atoms with E-state index in [1.165, 1.54) is 0 Å². The maximum atomic E-state index is 9.23. The van der Waals surface area contributed by atoms with Crippen LogP contribution in [0.3, 0.4) is 0 Å². The lowest BCUT2D eigenvalue weighted by Crippen LogP contribution is -2.47. The Morgan fingerprint density at radius 2 is 1.53 bits per heavy atom. The predicted molar refractivity (Wildman–Crippen MR) is 50.4 cm³/mol. The summed E-state index contributed by atoms with van der Waals surface area (Å²) in [4.78, 5) is 8.55. The van der Waals surface area contributed by atoms with E-state index in [-0.39, 0.29) is 0 Å². The molecule has 0 aliphatic heterocycles. The highest BCUT2D eigenvalue weighted by atomic mass is 31.2. The second kappa shape index (κ2) is 7.39. The minimum atomic E-state index is -2.16. The van der Waals surface area contributed by atoms with Crippen molar-refractivity contribution in [1.82, 2.24) is 0 Å². The third-order valence-electron chi connectivity index (χ3n) is 1.70. The summed E-state index contributed by atoms with van der Waals surface area (Å²) in [6.07, 6.45) is -6.51. The molecule has 0 saturated heterocycles. The van der Waals surface area contributed by atoms with Crippen LogP contribution < -0.4 is 5.50 Å². The van der Waals surface area contributed by atoms with E-state index in [9.17, 15) is 10.2 Å². The Balaban J connectivity index is 4.01. The van der Waals surface area contributed by atoms with Crippen LogP contribution in [0, 0.1) is 0 Å². The van der Waals surface area contributed by atoms with E-state index in [1.54, 1.807) is 0 Å². The van der Waals surface area contributed by atoms with Gasteiger partial charge in [0.25, 0.3) is 0 Å². The first kappa shape index (κ1) is 15.1. The van der Waals surface area contributed by atoms with Gasteiger partial charge in [0.05, 0.1) is 13.2 Å². The smallest absolute Gasteiger partial charge is 0.250 e. The molecule has 0 aromatic carbocycles. The molecule has 9 heteroatoms. The van der Waals surface area contributed by atoms with Crippen molar-refractivity contribution in [2.75, 3.05) is 13.2 Å². The van der Waals surface area contributed by atoms with E-state index >= 15 is 0 Å². The van der Waals surface area contributed by atoms with Gasteiger partial charge in [-0.25, -0.2) is 0 Å². The molecule has 1 unspecified atom stereocenters. The fourth-order valence-corrected chi connectivity index (χ4v) is 1.12. The lowest BCUT2D eigenvalue weighted by atomic mass is 10.0. The first-order valence-corrected chi connectivity index (χ1v) is 5.38. The first-order valence-electron chi connectivity index (χ1n) is 4.09. The van der Waals surface area contributed by atoms with Crippen LogP contribution in [0.5, 0.6) is 0 Å². The Hall–Kier alpha value is 0.110. The van der Waals surface area contributed by atoms with Gasteiger partial charge in [0, 0.05) is 0 Å². The van der Waals surface area contributed by atoms with E-state index in [0.717, 1.165) is 0 Å². The van der Waals surface area contributed by atoms with Crippen molar-refractivity contribution in [2.24, 2.45) is 5.50 Å². The highest BCUT2D eigenvalue weighted by Crippen LogP contribution is 2.20. The van der Waals surface area contributed by atoms with Gasteiger partial charge in [-0.3, -0.25) is 5.50 Å². The second-order valence-corrected chi connectivity index (χ2v) is 3.76. The normalized spacial score (nSPS) is 21.8. The highest BCUT2D eigenvalue weighted by Gasteiger charge is 2.30. The van der Waals surface area contributed by atoms with E-state index in [2.05, 4.69) is 4.52 Å². The highest BCUT2D eigenvalue weighted by molar-refractivity contribution is 7.43. The topological polar surface area (TPSA) is 157 Å². The Kier molecular flexibility index (Phi) is 7.45. The van der Waals surface area contributed by atoms with Crippen LogP contribution in [-0.4, -0.2) is 68.1 Å². The van der Waals surface area contributed by atoms with Gasteiger partial charge in [0.1, 0.15) is 24.4 Å². The fraction of sp³-hybridized carbons (Fsp3) is 1.00. The molecule has 0 heterocycles. The Bertz CT molecular complexity index is 172. The van der Waals surface area contributed by atoms with Gasteiger partial charge >= 0.3 is 0 Å². The van der Waals surface area contributed by atoms with E-state index in [1.807, 2.05) is 0 Å². The summed E-state index contributed by atoms with van der Waals surface area (Å²) in [7, 11) is -2.16. The van der Waals surface area contributed by atoms with Crippen molar-refractivity contribution in [3.63, 3.8) is 0 Å². The maximum absolute atomic E-state index is 9.23. The molecular weight excluding hydrogens is 229 g/mol. The van der Waals surface area contributed by atoms with E-state index in [0.29, 0.717) is 0 Å². The average molecular weight is 245 g/mol. The summed E-state index contributed by atoms with van der Waals surface area (Å²) < 4.78 is 4.42. The zero-order valence-corrected chi connectivity index (χ0v) is 8.73. The van der Waals surface area contributed by atoms with Crippen molar-refractivity contribution in [3.8, 4) is 0 Å². The van der Waals surface area contributed by atoms with Gasteiger partial charge in [0.2, 0.25) is 8.53 Å². The lowest BCUT2D eigenvalue weighted by molar-refractivity contribution is -0.121. The second-order valence-electron chi connectivity index (χ2n) is 2.90. The van der Waals surface area contributed by atoms with E-state index < -0.39 is 46.2 Å². The van der Waals surface area contributed by atoms with Gasteiger partial charge in [-0.05, 0) is 0 Å². The van der Waals surface area contributed by atoms with Gasteiger partial charge in [-0.15, -0.1) is 0 Å². The summed E-state index contributed by atoms with van der Waals surface area (Å²) in [5.74, 6) is 0. The van der Waals surface area contributed by atoms with Gasteiger partial charge < -0.3 is 34.9 Å². The van der Waals surface area contributed by atoms with Crippen LogP contribution in [0.4, 0.5) is 0 Å². The molecule has 92 valence electrons.